The van der Waals surface area contributed by atoms with Gasteiger partial charge < -0.3 is 25.0 Å². The molecule has 1 fully saturated rings. The minimum absolute atomic E-state index is 0.0944. The Balaban J connectivity index is 1.86. The molecule has 0 radical (unpaired) electrons. The predicted molar refractivity (Wildman–Crippen MR) is 76.1 cm³/mol. The highest BCUT2D eigenvalue weighted by molar-refractivity contribution is 5.79. The third-order valence-corrected chi connectivity index (χ3v) is 4.44. The average molecular weight is 308 g/mol. The van der Waals surface area contributed by atoms with Crippen molar-refractivity contribution in [3.63, 3.8) is 0 Å². The summed E-state index contributed by atoms with van der Waals surface area (Å²) < 4.78 is 7.29. The number of ether oxygens (including phenoxy) is 1. The lowest BCUT2D eigenvalue weighted by molar-refractivity contribution is -0.139. The molecule has 8 nitrogen and oxygen atoms in total. The minimum Gasteiger partial charge on any atom is -0.481 e. The number of fused-ring (bicyclic) bond motifs is 1. The van der Waals surface area contributed by atoms with Gasteiger partial charge >= 0.3 is 12.0 Å². The van der Waals surface area contributed by atoms with Gasteiger partial charge in [-0.2, -0.15) is 0 Å². The normalized spacial score (nSPS) is 22.4. The summed E-state index contributed by atoms with van der Waals surface area (Å²) in [6.45, 7) is 2.61. The molecule has 1 aromatic heterocycles. The van der Waals surface area contributed by atoms with Crippen molar-refractivity contribution in [3.8, 4) is 0 Å². The lowest BCUT2D eigenvalue weighted by Crippen LogP contribution is -2.44. The second kappa shape index (κ2) is 5.96. The molecule has 2 aliphatic rings. The highest BCUT2D eigenvalue weighted by Crippen LogP contribution is 2.29. The fraction of sp³-hybridized carbons (Fsp3) is 0.643. The third-order valence-electron chi connectivity index (χ3n) is 4.44. The number of nitrogens with two attached hydrogens (primary N) is 1. The van der Waals surface area contributed by atoms with E-state index in [2.05, 4.69) is 4.98 Å². The highest BCUT2D eigenvalue weighted by Gasteiger charge is 2.36. The largest absolute Gasteiger partial charge is 0.481 e. The van der Waals surface area contributed by atoms with E-state index in [0.717, 1.165) is 32.6 Å². The SMILES string of the molecule is NC(=O)N1Cc2ncn(CC3CCOCC3)c2[C@@H](C(=O)O)C1. The fourth-order valence-electron chi connectivity index (χ4n) is 3.22. The van der Waals surface area contributed by atoms with E-state index in [9.17, 15) is 14.7 Å². The van der Waals surface area contributed by atoms with Gasteiger partial charge in [0, 0.05) is 26.3 Å². The van der Waals surface area contributed by atoms with Crippen molar-refractivity contribution in [2.24, 2.45) is 11.7 Å². The molecule has 0 unspecified atom stereocenters. The van der Waals surface area contributed by atoms with Gasteiger partial charge in [0.25, 0.3) is 0 Å². The van der Waals surface area contributed by atoms with Gasteiger partial charge in [0.2, 0.25) is 0 Å². The van der Waals surface area contributed by atoms with Gasteiger partial charge in [0.1, 0.15) is 5.92 Å². The lowest BCUT2D eigenvalue weighted by atomic mass is 9.96. The fourth-order valence-corrected chi connectivity index (χ4v) is 3.22. The van der Waals surface area contributed by atoms with E-state index >= 15 is 0 Å². The van der Waals surface area contributed by atoms with Gasteiger partial charge in [-0.05, 0) is 18.8 Å². The number of rotatable bonds is 3. The van der Waals surface area contributed by atoms with E-state index in [0.29, 0.717) is 17.3 Å². The molecule has 0 aromatic carbocycles. The summed E-state index contributed by atoms with van der Waals surface area (Å²) in [4.78, 5) is 28.6. The van der Waals surface area contributed by atoms with Crippen molar-refractivity contribution in [3.05, 3.63) is 17.7 Å². The zero-order valence-corrected chi connectivity index (χ0v) is 12.3. The van der Waals surface area contributed by atoms with E-state index in [1.807, 2.05) is 4.57 Å². The van der Waals surface area contributed by atoms with Gasteiger partial charge in [-0.15, -0.1) is 0 Å². The molecule has 0 bridgehead atoms. The number of urea groups is 1. The van der Waals surface area contributed by atoms with Crippen molar-refractivity contribution >= 4 is 12.0 Å². The van der Waals surface area contributed by atoms with Crippen molar-refractivity contribution in [2.75, 3.05) is 19.8 Å². The second-order valence-electron chi connectivity index (χ2n) is 5.89. The first-order chi connectivity index (χ1) is 10.6. The number of aliphatic carboxylic acids is 1. The Hall–Kier alpha value is -2.09. The Morgan fingerprint density at radius 3 is 2.77 bits per heavy atom. The molecule has 3 rings (SSSR count). The van der Waals surface area contributed by atoms with Crippen LogP contribution in [0.1, 0.15) is 30.1 Å². The molecule has 1 atom stereocenters. The molecule has 120 valence electrons. The van der Waals surface area contributed by atoms with Crippen LogP contribution in [0.15, 0.2) is 6.33 Å². The van der Waals surface area contributed by atoms with Gasteiger partial charge in [0.05, 0.1) is 24.3 Å². The Bertz CT molecular complexity index is 579. The van der Waals surface area contributed by atoms with E-state index in [4.69, 9.17) is 10.5 Å². The summed E-state index contributed by atoms with van der Waals surface area (Å²) in [6.07, 6.45) is 3.62. The van der Waals surface area contributed by atoms with E-state index < -0.39 is 17.9 Å². The van der Waals surface area contributed by atoms with Crippen LogP contribution in [0, 0.1) is 5.92 Å². The van der Waals surface area contributed by atoms with Crippen LogP contribution in [0.2, 0.25) is 0 Å². The van der Waals surface area contributed by atoms with Crippen LogP contribution in [-0.4, -0.2) is 51.3 Å². The molecule has 0 spiro atoms. The highest BCUT2D eigenvalue weighted by atomic mass is 16.5. The van der Waals surface area contributed by atoms with Crippen molar-refractivity contribution in [2.45, 2.75) is 31.8 Å². The molecule has 2 aliphatic heterocycles. The Labute approximate surface area is 127 Å². The first-order valence-electron chi connectivity index (χ1n) is 7.45. The molecular formula is C14H20N4O4. The quantitative estimate of drug-likeness (QED) is 0.838. The number of aromatic nitrogens is 2. The first kappa shape index (κ1) is 14.8. The second-order valence-corrected chi connectivity index (χ2v) is 5.89. The monoisotopic (exact) mass is 308 g/mol. The summed E-state index contributed by atoms with van der Waals surface area (Å²) in [7, 11) is 0. The number of primary amides is 1. The molecule has 3 heterocycles. The molecule has 8 heteroatoms. The number of carbonyl (C=O) groups is 2. The van der Waals surface area contributed by atoms with Crippen molar-refractivity contribution in [1.82, 2.24) is 14.5 Å². The van der Waals surface area contributed by atoms with E-state index in [1.165, 1.54) is 4.90 Å². The van der Waals surface area contributed by atoms with Crippen LogP contribution in [0.5, 0.6) is 0 Å². The maximum atomic E-state index is 11.6. The molecule has 1 saturated heterocycles. The number of carboxylic acid groups (broad SMARTS) is 1. The zero-order valence-electron chi connectivity index (χ0n) is 12.3. The van der Waals surface area contributed by atoms with Gasteiger partial charge in [-0.25, -0.2) is 9.78 Å². The molecular weight excluding hydrogens is 288 g/mol. The Morgan fingerprint density at radius 1 is 1.41 bits per heavy atom. The van der Waals surface area contributed by atoms with Crippen molar-refractivity contribution in [1.29, 1.82) is 0 Å². The third kappa shape index (κ3) is 2.78. The number of hydrogen-bond donors (Lipinski definition) is 2. The van der Waals surface area contributed by atoms with Crippen LogP contribution in [0.3, 0.4) is 0 Å². The van der Waals surface area contributed by atoms with Gasteiger partial charge in [-0.3, -0.25) is 4.79 Å². The van der Waals surface area contributed by atoms with E-state index in [1.54, 1.807) is 6.33 Å². The molecule has 2 amide bonds. The van der Waals surface area contributed by atoms with Crippen LogP contribution in [-0.2, 0) is 22.6 Å². The number of hydrogen-bond acceptors (Lipinski definition) is 4. The van der Waals surface area contributed by atoms with Crippen LogP contribution >= 0.6 is 0 Å². The maximum Gasteiger partial charge on any atom is 0.315 e. The standard InChI is InChI=1S/C14H20N4O4/c15-14(21)17-6-10(13(19)20)12-11(7-17)16-8-18(12)5-9-1-3-22-4-2-9/h8-10H,1-7H2,(H2,15,21)(H,19,20)/t10-/m0/s1. The molecule has 22 heavy (non-hydrogen) atoms. The summed E-state index contributed by atoms with van der Waals surface area (Å²) in [5, 5.41) is 9.49. The topological polar surface area (TPSA) is 111 Å². The first-order valence-corrected chi connectivity index (χ1v) is 7.45. The van der Waals surface area contributed by atoms with Crippen molar-refractivity contribution < 1.29 is 19.4 Å². The number of imidazole rings is 1. The average Bonchev–Trinajstić information content (AvgIpc) is 2.90. The molecule has 0 saturated carbocycles. The van der Waals surface area contributed by atoms with Gasteiger partial charge in [-0.1, -0.05) is 0 Å². The number of nitrogens with zero attached hydrogens (tertiary/aromatic N) is 3. The molecule has 3 N–H and O–H groups in total. The smallest absolute Gasteiger partial charge is 0.315 e. The Morgan fingerprint density at radius 2 is 2.14 bits per heavy atom. The maximum absolute atomic E-state index is 11.6. The summed E-state index contributed by atoms with van der Waals surface area (Å²) in [6, 6.07) is -0.615. The van der Waals surface area contributed by atoms with Gasteiger partial charge in [0.15, 0.2) is 0 Å². The number of carboxylic acids is 1. The van der Waals surface area contributed by atoms with Crippen LogP contribution in [0.4, 0.5) is 4.79 Å². The van der Waals surface area contributed by atoms with E-state index in [-0.39, 0.29) is 13.1 Å². The molecule has 0 aliphatic carbocycles. The lowest BCUT2D eigenvalue weighted by Gasteiger charge is -2.31. The number of carbonyl (C=O) groups excluding carboxylic acids is 1. The summed E-state index contributed by atoms with van der Waals surface area (Å²) in [5.74, 6) is -1.27. The summed E-state index contributed by atoms with van der Waals surface area (Å²) in [5.41, 5.74) is 6.62. The minimum atomic E-state index is -0.957. The molecule has 1 aromatic rings. The Kier molecular flexibility index (Phi) is 4.02. The summed E-state index contributed by atoms with van der Waals surface area (Å²) >= 11 is 0. The number of amides is 2. The zero-order chi connectivity index (χ0) is 15.7. The predicted octanol–water partition coefficient (Wildman–Crippen LogP) is 0.372. The van der Waals surface area contributed by atoms with Crippen LogP contribution in [0.25, 0.3) is 0 Å². The van der Waals surface area contributed by atoms with Crippen LogP contribution < -0.4 is 5.73 Å².